The van der Waals surface area contributed by atoms with E-state index in [1.807, 2.05) is 0 Å². The number of hydrogen-bond donors (Lipinski definition) is 4. The molecule has 1 aromatic carbocycles. The Bertz CT molecular complexity index is 509. The van der Waals surface area contributed by atoms with Crippen molar-refractivity contribution < 1.29 is 9.53 Å². The van der Waals surface area contributed by atoms with Gasteiger partial charge in [0.15, 0.2) is 5.84 Å². The third-order valence-electron chi connectivity index (χ3n) is 3.63. The molecule has 0 aliphatic heterocycles. The number of carbonyl (C=O) groups excluding carboxylic acids is 1. The Morgan fingerprint density at radius 2 is 1.91 bits per heavy atom. The summed E-state index contributed by atoms with van der Waals surface area (Å²) in [5, 5.41) is 6.90. The SMILES string of the molecule is CN/N=C(\NN)c1ccc(OC(=O)NC2CCCCC2)cc1. The van der Waals surface area contributed by atoms with Crippen LogP contribution >= 0.6 is 0 Å². The summed E-state index contributed by atoms with van der Waals surface area (Å²) in [6.07, 6.45) is 5.24. The third-order valence-corrected chi connectivity index (χ3v) is 3.63. The molecule has 0 atom stereocenters. The zero-order valence-electron chi connectivity index (χ0n) is 12.8. The van der Waals surface area contributed by atoms with E-state index in [4.69, 9.17) is 10.6 Å². The summed E-state index contributed by atoms with van der Waals surface area (Å²) in [5.74, 6) is 6.38. The predicted octanol–water partition coefficient (Wildman–Crippen LogP) is 1.45. The summed E-state index contributed by atoms with van der Waals surface area (Å²) in [4.78, 5) is 11.9. The van der Waals surface area contributed by atoms with Crippen LogP contribution in [-0.2, 0) is 0 Å². The summed E-state index contributed by atoms with van der Waals surface area (Å²) in [6.45, 7) is 0. The molecule has 0 bridgehead atoms. The van der Waals surface area contributed by atoms with Crippen LogP contribution in [0.1, 0.15) is 37.7 Å². The lowest BCUT2D eigenvalue weighted by Gasteiger charge is -2.22. The highest BCUT2D eigenvalue weighted by molar-refractivity contribution is 5.98. The molecule has 120 valence electrons. The molecule has 1 fully saturated rings. The Labute approximate surface area is 130 Å². The number of hydrazine groups is 1. The van der Waals surface area contributed by atoms with Gasteiger partial charge < -0.3 is 20.9 Å². The fourth-order valence-electron chi connectivity index (χ4n) is 2.52. The molecule has 1 aromatic rings. The number of carbonyl (C=O) groups is 1. The van der Waals surface area contributed by atoms with Crippen molar-refractivity contribution in [2.45, 2.75) is 38.1 Å². The molecule has 0 unspecified atom stereocenters. The van der Waals surface area contributed by atoms with Crippen molar-refractivity contribution in [2.75, 3.05) is 7.05 Å². The number of nitrogens with two attached hydrogens (primary N) is 1. The molecule has 0 radical (unpaired) electrons. The molecule has 1 aliphatic carbocycles. The zero-order chi connectivity index (χ0) is 15.8. The van der Waals surface area contributed by atoms with Gasteiger partial charge in [0.25, 0.3) is 0 Å². The quantitative estimate of drug-likeness (QED) is 0.292. The van der Waals surface area contributed by atoms with Gasteiger partial charge in [-0.3, -0.25) is 0 Å². The summed E-state index contributed by atoms with van der Waals surface area (Å²) < 4.78 is 5.29. The van der Waals surface area contributed by atoms with Gasteiger partial charge in [-0.1, -0.05) is 19.3 Å². The number of hydrogen-bond acceptors (Lipinski definition) is 5. The van der Waals surface area contributed by atoms with Gasteiger partial charge in [0.05, 0.1) is 0 Å². The van der Waals surface area contributed by atoms with Gasteiger partial charge in [-0.2, -0.15) is 5.10 Å². The number of amidine groups is 1. The molecule has 22 heavy (non-hydrogen) atoms. The summed E-state index contributed by atoms with van der Waals surface area (Å²) in [7, 11) is 1.68. The Hall–Kier alpha value is -2.28. The normalized spacial score (nSPS) is 16.0. The first-order chi connectivity index (χ1) is 10.7. The minimum absolute atomic E-state index is 0.233. The Kier molecular flexibility index (Phi) is 6.02. The van der Waals surface area contributed by atoms with Gasteiger partial charge in [-0.05, 0) is 37.1 Å². The standard InChI is InChI=1S/C15H23N5O2/c1-17-20-14(19-16)11-7-9-13(10-8-11)22-15(21)18-12-5-3-2-4-6-12/h7-10,12,17H,2-6,16H2,1H3,(H,18,21)(H,19,20). The van der Waals surface area contributed by atoms with Crippen molar-refractivity contribution in [2.24, 2.45) is 10.9 Å². The Morgan fingerprint density at radius 1 is 1.23 bits per heavy atom. The molecule has 1 aliphatic rings. The second-order valence-electron chi connectivity index (χ2n) is 5.22. The second kappa shape index (κ2) is 8.23. The third kappa shape index (κ3) is 4.63. The van der Waals surface area contributed by atoms with Gasteiger partial charge >= 0.3 is 6.09 Å². The van der Waals surface area contributed by atoms with E-state index in [0.717, 1.165) is 18.4 Å². The Morgan fingerprint density at radius 3 is 2.50 bits per heavy atom. The van der Waals surface area contributed by atoms with Gasteiger partial charge in [0.2, 0.25) is 0 Å². The molecular formula is C15H23N5O2. The van der Waals surface area contributed by atoms with E-state index in [1.54, 1.807) is 31.3 Å². The van der Waals surface area contributed by atoms with Crippen LogP contribution in [0.25, 0.3) is 0 Å². The van der Waals surface area contributed by atoms with Crippen LogP contribution in [0.4, 0.5) is 4.79 Å². The minimum Gasteiger partial charge on any atom is -0.410 e. The minimum atomic E-state index is -0.402. The van der Waals surface area contributed by atoms with Gasteiger partial charge in [-0.25, -0.2) is 10.6 Å². The van der Waals surface area contributed by atoms with Gasteiger partial charge in [-0.15, -0.1) is 0 Å². The van der Waals surface area contributed by atoms with Crippen LogP contribution in [0.15, 0.2) is 29.4 Å². The maximum absolute atomic E-state index is 11.9. The van der Waals surface area contributed by atoms with Crippen molar-refractivity contribution in [1.29, 1.82) is 0 Å². The lowest BCUT2D eigenvalue weighted by Crippen LogP contribution is -2.38. The number of benzene rings is 1. The summed E-state index contributed by atoms with van der Waals surface area (Å²) in [6, 6.07) is 7.20. The molecule has 7 heteroatoms. The van der Waals surface area contributed by atoms with Crippen molar-refractivity contribution in [1.82, 2.24) is 16.2 Å². The number of ether oxygens (including phenoxy) is 1. The number of nitrogens with one attached hydrogen (secondary N) is 3. The molecule has 2 rings (SSSR count). The largest absolute Gasteiger partial charge is 0.412 e. The molecule has 0 spiro atoms. The predicted molar refractivity (Wildman–Crippen MR) is 85.4 cm³/mol. The van der Waals surface area contributed by atoms with Crippen molar-refractivity contribution in [3.63, 3.8) is 0 Å². The number of nitrogens with zero attached hydrogens (tertiary/aromatic N) is 1. The molecule has 0 heterocycles. The number of amides is 1. The molecule has 0 saturated heterocycles. The first-order valence-electron chi connectivity index (χ1n) is 7.52. The van der Waals surface area contributed by atoms with E-state index in [2.05, 4.69) is 21.3 Å². The summed E-state index contributed by atoms with van der Waals surface area (Å²) in [5.41, 5.74) is 5.95. The van der Waals surface area contributed by atoms with Crippen molar-refractivity contribution >= 4 is 11.9 Å². The summed E-state index contributed by atoms with van der Waals surface area (Å²) >= 11 is 0. The smallest absolute Gasteiger partial charge is 0.410 e. The molecule has 5 N–H and O–H groups in total. The fraction of sp³-hybridized carbons (Fsp3) is 0.467. The Balaban J connectivity index is 1.90. The average Bonchev–Trinajstić information content (AvgIpc) is 2.54. The van der Waals surface area contributed by atoms with Crippen LogP contribution < -0.4 is 26.7 Å². The molecule has 0 aromatic heterocycles. The maximum Gasteiger partial charge on any atom is 0.412 e. The first kappa shape index (κ1) is 16.1. The van der Waals surface area contributed by atoms with E-state index in [0.29, 0.717) is 11.6 Å². The monoisotopic (exact) mass is 305 g/mol. The van der Waals surface area contributed by atoms with Crippen LogP contribution in [-0.4, -0.2) is 25.0 Å². The van der Waals surface area contributed by atoms with E-state index >= 15 is 0 Å². The van der Waals surface area contributed by atoms with Crippen LogP contribution in [0, 0.1) is 0 Å². The number of hydrazone groups is 1. The van der Waals surface area contributed by atoms with Crippen molar-refractivity contribution in [3.05, 3.63) is 29.8 Å². The first-order valence-corrected chi connectivity index (χ1v) is 7.52. The number of rotatable bonds is 4. The molecule has 1 saturated carbocycles. The van der Waals surface area contributed by atoms with Gasteiger partial charge in [0.1, 0.15) is 5.75 Å². The topological polar surface area (TPSA) is 101 Å². The van der Waals surface area contributed by atoms with E-state index in [-0.39, 0.29) is 6.04 Å². The van der Waals surface area contributed by atoms with Crippen LogP contribution in [0.3, 0.4) is 0 Å². The molecular weight excluding hydrogens is 282 g/mol. The average molecular weight is 305 g/mol. The lowest BCUT2D eigenvalue weighted by molar-refractivity contribution is 0.192. The van der Waals surface area contributed by atoms with Gasteiger partial charge in [0, 0.05) is 18.7 Å². The van der Waals surface area contributed by atoms with E-state index < -0.39 is 6.09 Å². The fourth-order valence-corrected chi connectivity index (χ4v) is 2.52. The van der Waals surface area contributed by atoms with Crippen LogP contribution in [0.2, 0.25) is 0 Å². The van der Waals surface area contributed by atoms with Crippen LogP contribution in [0.5, 0.6) is 5.75 Å². The zero-order valence-corrected chi connectivity index (χ0v) is 12.8. The highest BCUT2D eigenvalue weighted by Gasteiger charge is 2.16. The van der Waals surface area contributed by atoms with E-state index in [9.17, 15) is 4.79 Å². The molecule has 1 amide bonds. The maximum atomic E-state index is 11.9. The van der Waals surface area contributed by atoms with Crippen molar-refractivity contribution in [3.8, 4) is 5.75 Å². The highest BCUT2D eigenvalue weighted by Crippen LogP contribution is 2.18. The second-order valence-corrected chi connectivity index (χ2v) is 5.22. The van der Waals surface area contributed by atoms with E-state index in [1.165, 1.54) is 19.3 Å². The lowest BCUT2D eigenvalue weighted by atomic mass is 9.96. The molecule has 7 nitrogen and oxygen atoms in total. The highest BCUT2D eigenvalue weighted by atomic mass is 16.6.